The van der Waals surface area contributed by atoms with E-state index in [1.165, 1.54) is 0 Å². The van der Waals surface area contributed by atoms with Gasteiger partial charge in [-0.2, -0.15) is 0 Å². The number of sulfonamides is 1. The Kier molecular flexibility index (Phi) is 4.28. The van der Waals surface area contributed by atoms with Crippen LogP contribution in [0.4, 0.5) is 0 Å². The molecule has 0 aromatic carbocycles. The highest BCUT2D eigenvalue weighted by molar-refractivity contribution is 7.89. The molecule has 0 aromatic rings. The number of hydrogen-bond acceptors (Lipinski definition) is 4. The zero-order valence-corrected chi connectivity index (χ0v) is 10.3. The first-order chi connectivity index (χ1) is 7.33. The van der Waals surface area contributed by atoms with E-state index in [0.29, 0.717) is 0 Å². The lowest BCUT2D eigenvalue weighted by Crippen LogP contribution is -2.46. The molecule has 0 aromatic heterocycles. The molecule has 0 atom stereocenters. The van der Waals surface area contributed by atoms with E-state index in [4.69, 9.17) is 5.14 Å². The van der Waals surface area contributed by atoms with Crippen LogP contribution < -0.4 is 15.8 Å². The van der Waals surface area contributed by atoms with Crippen LogP contribution >= 0.6 is 0 Å². The lowest BCUT2D eigenvalue weighted by atomic mass is 9.80. The van der Waals surface area contributed by atoms with Crippen LogP contribution in [-0.2, 0) is 14.8 Å². The van der Waals surface area contributed by atoms with Crippen molar-refractivity contribution in [3.63, 3.8) is 0 Å². The molecule has 0 bridgehead atoms. The molecule has 1 heterocycles. The van der Waals surface area contributed by atoms with Crippen LogP contribution in [-0.4, -0.2) is 39.7 Å². The molecule has 0 unspecified atom stereocenters. The number of nitrogens with one attached hydrogen (secondary N) is 2. The van der Waals surface area contributed by atoms with Gasteiger partial charge in [-0.25, -0.2) is 13.6 Å². The number of primary sulfonamides is 1. The van der Waals surface area contributed by atoms with Crippen LogP contribution in [0.2, 0.25) is 0 Å². The molecule has 7 heteroatoms. The molecular formula is C9H19N3O3S. The van der Waals surface area contributed by atoms with E-state index in [1.54, 1.807) is 0 Å². The summed E-state index contributed by atoms with van der Waals surface area (Å²) in [6.07, 6.45) is 1.54. The Morgan fingerprint density at radius 3 is 2.50 bits per heavy atom. The van der Waals surface area contributed by atoms with Gasteiger partial charge in [0.05, 0.1) is 5.75 Å². The lowest BCUT2D eigenvalue weighted by Gasteiger charge is -2.32. The minimum Gasteiger partial charge on any atom is -0.355 e. The Labute approximate surface area is 96.0 Å². The smallest absolute Gasteiger partial charge is 0.226 e. The van der Waals surface area contributed by atoms with Gasteiger partial charge >= 0.3 is 0 Å². The Morgan fingerprint density at radius 1 is 1.44 bits per heavy atom. The van der Waals surface area contributed by atoms with Gasteiger partial charge in [0.2, 0.25) is 15.9 Å². The zero-order chi connectivity index (χ0) is 12.2. The number of rotatable bonds is 4. The van der Waals surface area contributed by atoms with Gasteiger partial charge < -0.3 is 10.6 Å². The lowest BCUT2D eigenvalue weighted by molar-refractivity contribution is -0.131. The van der Waals surface area contributed by atoms with Gasteiger partial charge in [0, 0.05) is 12.0 Å². The highest BCUT2D eigenvalue weighted by atomic mass is 32.2. The number of hydrogen-bond donors (Lipinski definition) is 3. The van der Waals surface area contributed by atoms with Crippen molar-refractivity contribution in [2.45, 2.75) is 19.8 Å². The summed E-state index contributed by atoms with van der Waals surface area (Å²) in [6.45, 7) is 3.62. The molecule has 1 aliphatic rings. The van der Waals surface area contributed by atoms with Gasteiger partial charge in [0.1, 0.15) is 0 Å². The van der Waals surface area contributed by atoms with Gasteiger partial charge in [-0.05, 0) is 25.9 Å². The summed E-state index contributed by atoms with van der Waals surface area (Å²) < 4.78 is 21.4. The van der Waals surface area contributed by atoms with Crippen molar-refractivity contribution in [1.29, 1.82) is 0 Å². The zero-order valence-electron chi connectivity index (χ0n) is 9.45. The second-order valence-electron chi connectivity index (χ2n) is 4.43. The molecule has 16 heavy (non-hydrogen) atoms. The van der Waals surface area contributed by atoms with E-state index >= 15 is 0 Å². The van der Waals surface area contributed by atoms with Crippen molar-refractivity contribution in [3.05, 3.63) is 0 Å². The quantitative estimate of drug-likeness (QED) is 0.581. The molecule has 6 nitrogen and oxygen atoms in total. The maximum atomic E-state index is 11.8. The van der Waals surface area contributed by atoms with Crippen molar-refractivity contribution in [3.8, 4) is 0 Å². The molecule has 4 N–H and O–H groups in total. The highest BCUT2D eigenvalue weighted by Crippen LogP contribution is 2.27. The van der Waals surface area contributed by atoms with Gasteiger partial charge in [-0.3, -0.25) is 4.79 Å². The summed E-state index contributed by atoms with van der Waals surface area (Å²) in [7, 11) is -3.50. The fraction of sp³-hybridized carbons (Fsp3) is 0.889. The monoisotopic (exact) mass is 249 g/mol. The Bertz CT molecular complexity index is 347. The number of carbonyl (C=O) groups excluding carboxylic acids is 1. The third kappa shape index (κ3) is 4.07. The fourth-order valence-electron chi connectivity index (χ4n) is 1.73. The fourth-order valence-corrected chi connectivity index (χ4v) is 2.11. The summed E-state index contributed by atoms with van der Waals surface area (Å²) in [5.74, 6) is -0.301. The Morgan fingerprint density at radius 2 is 2.00 bits per heavy atom. The van der Waals surface area contributed by atoms with Gasteiger partial charge in [-0.15, -0.1) is 0 Å². The van der Waals surface area contributed by atoms with E-state index < -0.39 is 10.0 Å². The standard InChI is InChI=1S/C9H19N3O3S/c1-9(2-4-11-5-3-9)8(13)12-6-7-16(10,14)15/h11H,2-7H2,1H3,(H,12,13)(H2,10,14,15). The number of carbonyl (C=O) groups is 1. The van der Waals surface area contributed by atoms with Crippen LogP contribution in [0.1, 0.15) is 19.8 Å². The van der Waals surface area contributed by atoms with Crippen LogP contribution in [0.5, 0.6) is 0 Å². The van der Waals surface area contributed by atoms with Crippen LogP contribution in [0, 0.1) is 5.41 Å². The molecule has 0 aliphatic carbocycles. The van der Waals surface area contributed by atoms with Crippen LogP contribution in [0.3, 0.4) is 0 Å². The molecule has 1 amide bonds. The first-order valence-electron chi connectivity index (χ1n) is 5.33. The first-order valence-corrected chi connectivity index (χ1v) is 7.05. The van der Waals surface area contributed by atoms with Crippen LogP contribution in [0.15, 0.2) is 0 Å². The van der Waals surface area contributed by atoms with Gasteiger partial charge in [0.15, 0.2) is 0 Å². The van der Waals surface area contributed by atoms with Crippen molar-refractivity contribution < 1.29 is 13.2 Å². The summed E-state index contributed by atoms with van der Waals surface area (Å²) in [4.78, 5) is 11.8. The SMILES string of the molecule is CC1(C(=O)NCCS(N)(=O)=O)CCNCC1. The third-order valence-corrected chi connectivity index (χ3v) is 3.70. The molecule has 1 saturated heterocycles. The minimum atomic E-state index is -3.50. The number of nitrogens with two attached hydrogens (primary N) is 1. The molecule has 0 saturated carbocycles. The second kappa shape index (κ2) is 5.11. The van der Waals surface area contributed by atoms with Gasteiger partial charge in [0.25, 0.3) is 0 Å². The average molecular weight is 249 g/mol. The average Bonchev–Trinajstić information content (AvgIpc) is 2.16. The largest absolute Gasteiger partial charge is 0.355 e. The summed E-state index contributed by atoms with van der Waals surface area (Å²) >= 11 is 0. The van der Waals surface area contributed by atoms with Gasteiger partial charge in [-0.1, -0.05) is 6.92 Å². The molecule has 0 spiro atoms. The molecule has 1 aliphatic heterocycles. The van der Waals surface area contributed by atoms with E-state index in [0.717, 1.165) is 25.9 Å². The minimum absolute atomic E-state index is 0.0840. The predicted molar refractivity (Wildman–Crippen MR) is 61.2 cm³/mol. The van der Waals surface area contributed by atoms with E-state index in [1.807, 2.05) is 6.92 Å². The number of amides is 1. The van der Waals surface area contributed by atoms with E-state index in [-0.39, 0.29) is 23.6 Å². The third-order valence-electron chi connectivity index (χ3n) is 2.93. The summed E-state index contributed by atoms with van der Waals surface area (Å²) in [6, 6.07) is 0. The van der Waals surface area contributed by atoms with Crippen molar-refractivity contribution in [1.82, 2.24) is 10.6 Å². The predicted octanol–water partition coefficient (Wildman–Crippen LogP) is -1.22. The summed E-state index contributed by atoms with van der Waals surface area (Å²) in [5, 5.41) is 10.6. The maximum Gasteiger partial charge on any atom is 0.226 e. The first kappa shape index (κ1) is 13.4. The van der Waals surface area contributed by atoms with E-state index in [2.05, 4.69) is 10.6 Å². The van der Waals surface area contributed by atoms with Crippen LogP contribution in [0.25, 0.3) is 0 Å². The molecular weight excluding hydrogens is 230 g/mol. The maximum absolute atomic E-state index is 11.8. The summed E-state index contributed by atoms with van der Waals surface area (Å²) in [5.41, 5.74) is -0.385. The van der Waals surface area contributed by atoms with E-state index in [9.17, 15) is 13.2 Å². The Hall–Kier alpha value is -0.660. The molecule has 1 rings (SSSR count). The Balaban J connectivity index is 2.39. The number of piperidine rings is 1. The van der Waals surface area contributed by atoms with Crippen molar-refractivity contribution >= 4 is 15.9 Å². The molecule has 94 valence electrons. The second-order valence-corrected chi connectivity index (χ2v) is 6.17. The van der Waals surface area contributed by atoms with Crippen molar-refractivity contribution in [2.75, 3.05) is 25.4 Å². The molecule has 0 radical (unpaired) electrons. The molecule has 1 fully saturated rings. The topological polar surface area (TPSA) is 101 Å². The normalized spacial score (nSPS) is 20.4. The van der Waals surface area contributed by atoms with Crippen molar-refractivity contribution in [2.24, 2.45) is 10.6 Å². The highest BCUT2D eigenvalue weighted by Gasteiger charge is 2.34.